The average Bonchev–Trinajstić information content (AvgIpc) is 2.58. The van der Waals surface area contributed by atoms with E-state index < -0.39 is 0 Å². The summed E-state index contributed by atoms with van der Waals surface area (Å²) in [5.41, 5.74) is 0.799. The molecule has 1 aromatic rings. The minimum atomic E-state index is -0.0205. The molecule has 0 aliphatic carbocycles. The molecule has 0 unspecified atom stereocenters. The van der Waals surface area contributed by atoms with Gasteiger partial charge in [0.2, 0.25) is 11.8 Å². The molecule has 2 rings (SSSR count). The fraction of sp³-hybridized carbons (Fsp3) is 0.556. The van der Waals surface area contributed by atoms with Crippen molar-refractivity contribution in [3.8, 4) is 0 Å². The highest BCUT2D eigenvalue weighted by atomic mass is 79.9. The number of piperidine rings is 1. The second-order valence-corrected chi connectivity index (χ2v) is 6.94. The van der Waals surface area contributed by atoms with E-state index in [9.17, 15) is 9.59 Å². The molecule has 126 valence electrons. The zero-order valence-electron chi connectivity index (χ0n) is 13.8. The summed E-state index contributed by atoms with van der Waals surface area (Å²) in [5, 5.41) is 2.98. The number of para-hydroxylation sites is 1. The molecule has 1 heterocycles. The monoisotopic (exact) mass is 380 g/mol. The maximum absolute atomic E-state index is 12.4. The molecule has 1 N–H and O–H groups in total. The molecule has 1 aliphatic rings. The number of likely N-dealkylation sites (tertiary alicyclic amines) is 1. The van der Waals surface area contributed by atoms with Crippen LogP contribution in [0.25, 0.3) is 0 Å². The molecule has 4 nitrogen and oxygen atoms in total. The Kier molecular flexibility index (Phi) is 6.63. The fourth-order valence-electron chi connectivity index (χ4n) is 3.06. The Labute approximate surface area is 146 Å². The van der Waals surface area contributed by atoms with E-state index in [0.29, 0.717) is 13.1 Å². The zero-order valence-corrected chi connectivity index (χ0v) is 15.4. The van der Waals surface area contributed by atoms with Crippen LogP contribution in [-0.2, 0) is 9.59 Å². The number of carbonyl (C=O) groups excluding carboxylic acids is 2. The molecule has 0 radical (unpaired) electrons. The van der Waals surface area contributed by atoms with E-state index in [-0.39, 0.29) is 23.7 Å². The van der Waals surface area contributed by atoms with Crippen LogP contribution in [0.15, 0.2) is 28.7 Å². The van der Waals surface area contributed by atoms with Gasteiger partial charge in [-0.1, -0.05) is 26.0 Å². The first-order valence-electron chi connectivity index (χ1n) is 8.41. The smallest absolute Gasteiger partial charge is 0.227 e. The van der Waals surface area contributed by atoms with Crippen LogP contribution in [0.1, 0.15) is 39.5 Å². The number of nitrogens with one attached hydrogen (secondary N) is 1. The highest BCUT2D eigenvalue weighted by Crippen LogP contribution is 2.25. The first-order valence-corrected chi connectivity index (χ1v) is 9.20. The summed E-state index contributed by atoms with van der Waals surface area (Å²) in [7, 11) is 0. The van der Waals surface area contributed by atoms with Crippen molar-refractivity contribution in [1.82, 2.24) is 4.90 Å². The van der Waals surface area contributed by atoms with E-state index >= 15 is 0 Å². The number of anilines is 1. The molecule has 1 fully saturated rings. The minimum Gasteiger partial charge on any atom is -0.342 e. The van der Waals surface area contributed by atoms with Gasteiger partial charge in [-0.25, -0.2) is 0 Å². The molecule has 0 atom stereocenters. The highest BCUT2D eigenvalue weighted by molar-refractivity contribution is 9.10. The lowest BCUT2D eigenvalue weighted by Crippen LogP contribution is -2.43. The molecule has 0 aromatic heterocycles. The Morgan fingerprint density at radius 1 is 1.22 bits per heavy atom. The molecule has 1 saturated heterocycles. The molecule has 1 aliphatic heterocycles. The van der Waals surface area contributed by atoms with Crippen molar-refractivity contribution in [2.45, 2.75) is 39.5 Å². The number of halogens is 1. The molecule has 0 saturated carbocycles. The largest absolute Gasteiger partial charge is 0.342 e. The molecular formula is C18H25BrN2O2. The van der Waals surface area contributed by atoms with Crippen LogP contribution in [0.5, 0.6) is 0 Å². The summed E-state index contributed by atoms with van der Waals surface area (Å²) in [4.78, 5) is 26.7. The van der Waals surface area contributed by atoms with Crippen LogP contribution in [0.2, 0.25) is 0 Å². The third-order valence-corrected chi connectivity index (χ3v) is 5.34. The molecule has 1 aromatic carbocycles. The van der Waals surface area contributed by atoms with Crippen LogP contribution >= 0.6 is 15.9 Å². The first-order chi connectivity index (χ1) is 11.1. The van der Waals surface area contributed by atoms with E-state index in [2.05, 4.69) is 35.1 Å². The summed E-state index contributed by atoms with van der Waals surface area (Å²) >= 11 is 3.44. The van der Waals surface area contributed by atoms with Crippen molar-refractivity contribution in [1.29, 1.82) is 0 Å². The fourth-order valence-corrected chi connectivity index (χ4v) is 3.44. The van der Waals surface area contributed by atoms with Crippen LogP contribution < -0.4 is 5.32 Å². The Hall–Kier alpha value is -1.36. The Balaban J connectivity index is 1.88. The third-order valence-electron chi connectivity index (χ3n) is 4.64. The molecule has 23 heavy (non-hydrogen) atoms. The van der Waals surface area contributed by atoms with Gasteiger partial charge >= 0.3 is 0 Å². The van der Waals surface area contributed by atoms with Gasteiger partial charge in [-0.15, -0.1) is 0 Å². The average molecular weight is 381 g/mol. The van der Waals surface area contributed by atoms with Crippen LogP contribution in [0, 0.1) is 11.8 Å². The number of hydrogen-bond donors (Lipinski definition) is 1. The van der Waals surface area contributed by atoms with Crippen LogP contribution in [-0.4, -0.2) is 29.8 Å². The van der Waals surface area contributed by atoms with Gasteiger partial charge in [-0.2, -0.15) is 0 Å². The second kappa shape index (κ2) is 8.48. The standard InChI is InChI=1S/C18H25BrN2O2/c1-3-13(4-2)18(23)21-11-9-14(10-12-21)17(22)20-16-8-6-5-7-15(16)19/h5-8,13-14H,3-4,9-12H2,1-2H3,(H,20,22). The predicted molar refractivity (Wildman–Crippen MR) is 96.1 cm³/mol. The Bertz CT molecular complexity index is 550. The van der Waals surface area contributed by atoms with E-state index in [4.69, 9.17) is 0 Å². The van der Waals surface area contributed by atoms with Crippen molar-refractivity contribution in [2.24, 2.45) is 11.8 Å². The lowest BCUT2D eigenvalue weighted by atomic mass is 9.93. The number of benzene rings is 1. The van der Waals surface area contributed by atoms with Gasteiger partial charge in [0, 0.05) is 29.4 Å². The van der Waals surface area contributed by atoms with Crippen molar-refractivity contribution in [2.75, 3.05) is 18.4 Å². The van der Waals surface area contributed by atoms with Gasteiger partial charge in [-0.05, 0) is 53.7 Å². The quantitative estimate of drug-likeness (QED) is 0.836. The van der Waals surface area contributed by atoms with Gasteiger partial charge in [-0.3, -0.25) is 9.59 Å². The number of rotatable bonds is 5. The molecular weight excluding hydrogens is 356 g/mol. The van der Waals surface area contributed by atoms with Gasteiger partial charge in [0.15, 0.2) is 0 Å². The maximum Gasteiger partial charge on any atom is 0.227 e. The van der Waals surface area contributed by atoms with Crippen molar-refractivity contribution in [3.63, 3.8) is 0 Å². The summed E-state index contributed by atoms with van der Waals surface area (Å²) in [6, 6.07) is 7.61. The van der Waals surface area contributed by atoms with Gasteiger partial charge < -0.3 is 10.2 Å². The Morgan fingerprint density at radius 2 is 1.83 bits per heavy atom. The summed E-state index contributed by atoms with van der Waals surface area (Å²) in [5.74, 6) is 0.403. The highest BCUT2D eigenvalue weighted by Gasteiger charge is 2.29. The third kappa shape index (κ3) is 4.56. The van der Waals surface area contributed by atoms with E-state index in [1.165, 1.54) is 0 Å². The van der Waals surface area contributed by atoms with Gasteiger partial charge in [0.25, 0.3) is 0 Å². The van der Waals surface area contributed by atoms with E-state index in [1.54, 1.807) is 0 Å². The second-order valence-electron chi connectivity index (χ2n) is 6.08. The SMILES string of the molecule is CCC(CC)C(=O)N1CCC(C(=O)Nc2ccccc2Br)CC1. The Morgan fingerprint density at radius 3 is 2.39 bits per heavy atom. The molecule has 0 spiro atoms. The van der Waals surface area contributed by atoms with Crippen molar-refractivity contribution >= 4 is 33.4 Å². The number of amides is 2. The van der Waals surface area contributed by atoms with Crippen LogP contribution in [0.4, 0.5) is 5.69 Å². The number of nitrogens with zero attached hydrogens (tertiary/aromatic N) is 1. The predicted octanol–water partition coefficient (Wildman–Crippen LogP) is 4.06. The zero-order chi connectivity index (χ0) is 16.8. The molecule has 0 bridgehead atoms. The van der Waals surface area contributed by atoms with Crippen molar-refractivity contribution < 1.29 is 9.59 Å². The van der Waals surface area contributed by atoms with Crippen LogP contribution in [0.3, 0.4) is 0 Å². The summed E-state index contributed by atoms with van der Waals surface area (Å²) in [6.07, 6.45) is 3.25. The number of carbonyl (C=O) groups is 2. The summed E-state index contributed by atoms with van der Waals surface area (Å²) in [6.45, 7) is 5.49. The lowest BCUT2D eigenvalue weighted by Gasteiger charge is -2.33. The molecule has 2 amide bonds. The first kappa shape index (κ1) is 18.0. The lowest BCUT2D eigenvalue weighted by molar-refractivity contribution is -0.138. The van der Waals surface area contributed by atoms with E-state index in [1.807, 2.05) is 29.2 Å². The van der Waals surface area contributed by atoms with Crippen molar-refractivity contribution in [3.05, 3.63) is 28.7 Å². The van der Waals surface area contributed by atoms with Gasteiger partial charge in [0.05, 0.1) is 5.69 Å². The topological polar surface area (TPSA) is 49.4 Å². The summed E-state index contributed by atoms with van der Waals surface area (Å²) < 4.78 is 0.884. The normalized spacial score (nSPS) is 15.7. The number of hydrogen-bond acceptors (Lipinski definition) is 2. The van der Waals surface area contributed by atoms with Gasteiger partial charge in [0.1, 0.15) is 0 Å². The molecule has 5 heteroatoms. The van der Waals surface area contributed by atoms with E-state index in [0.717, 1.165) is 35.8 Å². The minimum absolute atomic E-state index is 0.0205. The maximum atomic E-state index is 12.4.